The number of rotatable bonds is 6. The zero-order chi connectivity index (χ0) is 20.8. The van der Waals surface area contributed by atoms with Crippen LogP contribution in [0.3, 0.4) is 0 Å². The minimum atomic E-state index is -0.313. The van der Waals surface area contributed by atoms with Gasteiger partial charge in [0.1, 0.15) is 0 Å². The van der Waals surface area contributed by atoms with E-state index in [1.165, 1.54) is 5.56 Å². The predicted molar refractivity (Wildman–Crippen MR) is 119 cm³/mol. The van der Waals surface area contributed by atoms with Gasteiger partial charge in [-0.2, -0.15) is 0 Å². The van der Waals surface area contributed by atoms with Gasteiger partial charge in [0.05, 0.1) is 6.54 Å². The van der Waals surface area contributed by atoms with Crippen molar-refractivity contribution in [3.05, 3.63) is 64.1 Å². The molecule has 7 heteroatoms. The summed E-state index contributed by atoms with van der Waals surface area (Å²) in [5.74, 6) is -0.253. The second kappa shape index (κ2) is 9.89. The van der Waals surface area contributed by atoms with Gasteiger partial charge < -0.3 is 16.0 Å². The number of aryl methyl sites for hydroxylation is 1. The van der Waals surface area contributed by atoms with E-state index in [1.807, 2.05) is 43.3 Å². The molecule has 0 saturated carbocycles. The number of halogens is 1. The highest BCUT2D eigenvalue weighted by Gasteiger charge is 2.27. The Hall–Kier alpha value is -2.38. The van der Waals surface area contributed by atoms with Gasteiger partial charge in [-0.3, -0.25) is 9.69 Å². The van der Waals surface area contributed by atoms with E-state index >= 15 is 0 Å². The molecule has 2 unspecified atom stereocenters. The molecular formula is C22H27BrN4O2. The van der Waals surface area contributed by atoms with E-state index in [0.29, 0.717) is 6.04 Å². The molecule has 1 heterocycles. The molecule has 1 aliphatic rings. The fourth-order valence-corrected chi connectivity index (χ4v) is 4.03. The van der Waals surface area contributed by atoms with Gasteiger partial charge in [-0.1, -0.05) is 46.3 Å². The van der Waals surface area contributed by atoms with E-state index in [1.54, 1.807) is 0 Å². The van der Waals surface area contributed by atoms with Crippen molar-refractivity contribution in [1.29, 1.82) is 0 Å². The molecule has 1 fully saturated rings. The molecule has 0 aliphatic carbocycles. The number of nitrogens with one attached hydrogen (secondary N) is 3. The lowest BCUT2D eigenvalue weighted by Gasteiger charge is -2.24. The molecule has 1 aliphatic heterocycles. The Labute approximate surface area is 180 Å². The van der Waals surface area contributed by atoms with E-state index in [9.17, 15) is 9.59 Å². The molecule has 0 bridgehead atoms. The molecule has 1 saturated heterocycles. The van der Waals surface area contributed by atoms with Crippen molar-refractivity contribution in [3.8, 4) is 0 Å². The third-order valence-electron chi connectivity index (χ3n) is 5.26. The van der Waals surface area contributed by atoms with Crippen molar-refractivity contribution in [2.24, 2.45) is 0 Å². The monoisotopic (exact) mass is 458 g/mol. The number of hydrogen-bond acceptors (Lipinski definition) is 3. The van der Waals surface area contributed by atoms with E-state index in [-0.39, 0.29) is 24.5 Å². The first kappa shape index (κ1) is 21.3. The average Bonchev–Trinajstić information content (AvgIpc) is 3.17. The van der Waals surface area contributed by atoms with E-state index < -0.39 is 0 Å². The summed E-state index contributed by atoms with van der Waals surface area (Å²) in [5.41, 5.74) is 2.97. The number of amides is 3. The Morgan fingerprint density at radius 3 is 2.69 bits per heavy atom. The van der Waals surface area contributed by atoms with Gasteiger partial charge in [-0.15, -0.1) is 0 Å². The first-order valence-electron chi connectivity index (χ1n) is 9.81. The number of benzene rings is 2. The zero-order valence-electron chi connectivity index (χ0n) is 16.7. The van der Waals surface area contributed by atoms with Crippen LogP contribution >= 0.6 is 15.9 Å². The molecule has 0 aromatic heterocycles. The summed E-state index contributed by atoms with van der Waals surface area (Å²) < 4.78 is 0.956. The van der Waals surface area contributed by atoms with Crippen LogP contribution in [0, 0.1) is 6.92 Å². The maximum absolute atomic E-state index is 12.2. The van der Waals surface area contributed by atoms with E-state index in [2.05, 4.69) is 55.8 Å². The topological polar surface area (TPSA) is 73.5 Å². The summed E-state index contributed by atoms with van der Waals surface area (Å²) in [4.78, 5) is 26.7. The number of carbonyl (C=O) groups excluding carboxylic acids is 2. The number of urea groups is 1. The van der Waals surface area contributed by atoms with E-state index in [0.717, 1.165) is 35.2 Å². The summed E-state index contributed by atoms with van der Waals surface area (Å²) >= 11 is 3.40. The van der Waals surface area contributed by atoms with Gasteiger partial charge in [0.25, 0.3) is 0 Å². The van der Waals surface area contributed by atoms with Crippen LogP contribution in [0.5, 0.6) is 0 Å². The van der Waals surface area contributed by atoms with Gasteiger partial charge in [0.15, 0.2) is 0 Å². The lowest BCUT2D eigenvalue weighted by Crippen LogP contribution is -2.45. The summed E-state index contributed by atoms with van der Waals surface area (Å²) in [6.07, 6.45) is 0.898. The zero-order valence-corrected chi connectivity index (χ0v) is 18.3. The second-order valence-electron chi connectivity index (χ2n) is 7.40. The molecule has 29 heavy (non-hydrogen) atoms. The third-order valence-corrected chi connectivity index (χ3v) is 5.75. The maximum atomic E-state index is 12.2. The van der Waals surface area contributed by atoms with Crippen LogP contribution in [-0.4, -0.2) is 42.5 Å². The third kappa shape index (κ3) is 6.05. The average molecular weight is 459 g/mol. The van der Waals surface area contributed by atoms with Crippen molar-refractivity contribution in [3.63, 3.8) is 0 Å². The van der Waals surface area contributed by atoms with Crippen LogP contribution in [0.2, 0.25) is 0 Å². The minimum absolute atomic E-state index is 0.0712. The first-order valence-corrected chi connectivity index (χ1v) is 10.6. The van der Waals surface area contributed by atoms with Crippen LogP contribution in [0.1, 0.15) is 30.5 Å². The molecule has 3 rings (SSSR count). The molecule has 2 aromatic rings. The van der Waals surface area contributed by atoms with Crippen LogP contribution < -0.4 is 16.0 Å². The van der Waals surface area contributed by atoms with Gasteiger partial charge in [0, 0.05) is 35.3 Å². The molecule has 3 N–H and O–H groups in total. The fourth-order valence-electron chi connectivity index (χ4n) is 3.56. The number of carbonyl (C=O) groups is 2. The summed E-state index contributed by atoms with van der Waals surface area (Å²) in [6, 6.07) is 16.1. The van der Waals surface area contributed by atoms with Crippen LogP contribution in [0.25, 0.3) is 0 Å². The second-order valence-corrected chi connectivity index (χ2v) is 8.32. The lowest BCUT2D eigenvalue weighted by molar-refractivity contribution is -0.115. The van der Waals surface area contributed by atoms with Crippen molar-refractivity contribution in [2.45, 2.75) is 32.4 Å². The molecule has 3 amide bonds. The predicted octanol–water partition coefficient (Wildman–Crippen LogP) is 3.83. The van der Waals surface area contributed by atoms with Crippen molar-refractivity contribution >= 4 is 33.6 Å². The van der Waals surface area contributed by atoms with Gasteiger partial charge in [-0.05, 0) is 49.6 Å². The molecule has 154 valence electrons. The quantitative estimate of drug-likeness (QED) is 0.615. The number of anilines is 1. The number of hydrogen-bond donors (Lipinski definition) is 3. The first-order chi connectivity index (χ1) is 13.9. The SMILES string of the molecule is Cc1cc(Br)ccc1NC(=O)CNC(=O)NC1CCN(C(C)c2ccccc2)C1. The Morgan fingerprint density at radius 2 is 1.97 bits per heavy atom. The van der Waals surface area contributed by atoms with Gasteiger partial charge in [-0.25, -0.2) is 4.79 Å². The summed E-state index contributed by atoms with van der Waals surface area (Å²) in [5, 5.41) is 8.44. The van der Waals surface area contributed by atoms with Crippen molar-refractivity contribution in [2.75, 3.05) is 25.0 Å². The smallest absolute Gasteiger partial charge is 0.315 e. The van der Waals surface area contributed by atoms with Crippen molar-refractivity contribution < 1.29 is 9.59 Å². The van der Waals surface area contributed by atoms with Crippen LogP contribution in [-0.2, 0) is 4.79 Å². The van der Waals surface area contributed by atoms with Gasteiger partial charge in [0.2, 0.25) is 5.91 Å². The molecular weight excluding hydrogens is 432 g/mol. The van der Waals surface area contributed by atoms with Crippen LogP contribution in [0.15, 0.2) is 53.0 Å². The Balaban J connectivity index is 1.41. The highest BCUT2D eigenvalue weighted by Crippen LogP contribution is 2.24. The van der Waals surface area contributed by atoms with Gasteiger partial charge >= 0.3 is 6.03 Å². The summed E-state index contributed by atoms with van der Waals surface area (Å²) in [6.45, 7) is 5.77. The number of nitrogens with zero attached hydrogens (tertiary/aromatic N) is 1. The minimum Gasteiger partial charge on any atom is -0.334 e. The molecule has 0 radical (unpaired) electrons. The van der Waals surface area contributed by atoms with Crippen LogP contribution in [0.4, 0.5) is 10.5 Å². The highest BCUT2D eigenvalue weighted by atomic mass is 79.9. The van der Waals surface area contributed by atoms with E-state index in [4.69, 9.17) is 0 Å². The largest absolute Gasteiger partial charge is 0.334 e. The lowest BCUT2D eigenvalue weighted by atomic mass is 10.1. The fraction of sp³-hybridized carbons (Fsp3) is 0.364. The highest BCUT2D eigenvalue weighted by molar-refractivity contribution is 9.10. The van der Waals surface area contributed by atoms with Crippen molar-refractivity contribution in [1.82, 2.24) is 15.5 Å². The Kier molecular flexibility index (Phi) is 7.28. The normalized spacial score (nSPS) is 17.6. The standard InChI is InChI=1S/C22H27BrN4O2/c1-15-12-18(23)8-9-20(15)26-21(28)13-24-22(29)25-19-10-11-27(14-19)16(2)17-6-4-3-5-7-17/h3-9,12,16,19H,10-11,13-14H2,1-2H3,(H,26,28)(H2,24,25,29). The molecule has 2 atom stereocenters. The molecule has 0 spiro atoms. The number of likely N-dealkylation sites (tertiary alicyclic amines) is 1. The Bertz CT molecular complexity index is 859. The maximum Gasteiger partial charge on any atom is 0.315 e. The molecule has 6 nitrogen and oxygen atoms in total. The molecule has 2 aromatic carbocycles. The Morgan fingerprint density at radius 1 is 1.21 bits per heavy atom. The summed E-state index contributed by atoms with van der Waals surface area (Å²) in [7, 11) is 0.